The fourth-order valence-corrected chi connectivity index (χ4v) is 3.45. The summed E-state index contributed by atoms with van der Waals surface area (Å²) in [7, 11) is 1.55. The van der Waals surface area contributed by atoms with Crippen molar-refractivity contribution in [1.82, 2.24) is 5.16 Å². The van der Waals surface area contributed by atoms with Crippen LogP contribution in [0, 0.1) is 13.8 Å². The monoisotopic (exact) mass is 455 g/mol. The maximum atomic E-state index is 10.9. The maximum Gasteiger partial charge on any atom is 0.167 e. The molecule has 0 amide bonds. The van der Waals surface area contributed by atoms with Gasteiger partial charge in [0.15, 0.2) is 23.0 Å². The second-order valence-electron chi connectivity index (χ2n) is 7.41. The fourth-order valence-electron chi connectivity index (χ4n) is 3.07. The van der Waals surface area contributed by atoms with Crippen molar-refractivity contribution in [2.45, 2.75) is 40.5 Å². The van der Waals surface area contributed by atoms with E-state index in [1.54, 1.807) is 19.2 Å². The number of aryl methyl sites for hydroxylation is 3. The van der Waals surface area contributed by atoms with Gasteiger partial charge in [0.1, 0.15) is 6.61 Å². The Morgan fingerprint density at radius 3 is 2.50 bits per heavy atom. The minimum Gasteiger partial charge on any atom is -0.493 e. The number of carbonyl (C=O) groups excluding carboxylic acids is 1. The lowest BCUT2D eigenvalue weighted by Crippen LogP contribution is -2.07. The molecule has 0 N–H and O–H groups in total. The topological polar surface area (TPSA) is 61.6 Å². The van der Waals surface area contributed by atoms with Crippen LogP contribution < -0.4 is 9.47 Å². The third kappa shape index (κ3) is 6.72. The van der Waals surface area contributed by atoms with E-state index in [0.717, 1.165) is 34.7 Å². The number of methoxy groups -OCH3 is 1. The van der Waals surface area contributed by atoms with Gasteiger partial charge >= 0.3 is 0 Å². The van der Waals surface area contributed by atoms with Gasteiger partial charge in [0.25, 0.3) is 0 Å². The van der Waals surface area contributed by atoms with E-state index in [1.807, 2.05) is 25.1 Å². The molecule has 170 valence electrons. The van der Waals surface area contributed by atoms with E-state index in [2.05, 4.69) is 37.7 Å². The Morgan fingerprint density at radius 2 is 1.94 bits per heavy atom. The van der Waals surface area contributed by atoms with Crippen LogP contribution in [-0.4, -0.2) is 24.7 Å². The summed E-state index contributed by atoms with van der Waals surface area (Å²) in [5.41, 5.74) is 5.15. The molecule has 0 aliphatic heterocycles. The quantitative estimate of drug-likeness (QED) is 0.371. The van der Waals surface area contributed by atoms with Crippen LogP contribution in [0.25, 0.3) is 17.4 Å². The summed E-state index contributed by atoms with van der Waals surface area (Å²) in [6, 6.07) is 11.4. The van der Waals surface area contributed by atoms with Crippen molar-refractivity contribution in [3.05, 3.63) is 70.4 Å². The van der Waals surface area contributed by atoms with Gasteiger partial charge in [-0.1, -0.05) is 54.9 Å². The fraction of sp³-hybridized carbons (Fsp3) is 0.308. The van der Waals surface area contributed by atoms with Gasteiger partial charge in [0.2, 0.25) is 0 Å². The number of nitrogens with zero attached hydrogens (tertiary/aromatic N) is 1. The Kier molecular flexibility index (Phi) is 9.54. The van der Waals surface area contributed by atoms with Crippen molar-refractivity contribution in [2.24, 2.45) is 0 Å². The summed E-state index contributed by atoms with van der Waals surface area (Å²) >= 11 is 6.22. The molecule has 0 unspecified atom stereocenters. The molecule has 1 aromatic heterocycles. The number of hydrogen-bond acceptors (Lipinski definition) is 5. The van der Waals surface area contributed by atoms with Crippen LogP contribution in [0.15, 0.2) is 47.5 Å². The Bertz CT molecular complexity index is 1070. The highest BCUT2D eigenvalue weighted by molar-refractivity contribution is 6.33. The molecule has 0 spiro atoms. The molecular formula is C26H30ClNO4. The molecule has 3 aromatic rings. The smallest absolute Gasteiger partial charge is 0.167 e. The number of ether oxygens (including phenoxy) is 2. The lowest BCUT2D eigenvalue weighted by molar-refractivity contribution is -0.118. The van der Waals surface area contributed by atoms with Crippen LogP contribution in [0.4, 0.5) is 0 Å². The van der Waals surface area contributed by atoms with Gasteiger partial charge < -0.3 is 14.0 Å². The van der Waals surface area contributed by atoms with Crippen molar-refractivity contribution in [1.29, 1.82) is 0 Å². The molecule has 0 saturated heterocycles. The Morgan fingerprint density at radius 1 is 1.19 bits per heavy atom. The Labute approximate surface area is 195 Å². The maximum absolute atomic E-state index is 10.9. The number of hydrogen-bond donors (Lipinski definition) is 0. The normalized spacial score (nSPS) is 10.2. The minimum atomic E-state index is -0.0445. The number of benzene rings is 2. The number of carbonyl (C=O) groups is 1. The van der Waals surface area contributed by atoms with Crippen molar-refractivity contribution in [3.8, 4) is 22.8 Å². The SMILES string of the molecule is C=Cc1c(C)ccc(CCC)c1Cl.COc1cc(-c2cc(C)no2)ccc1OCC(C)=O. The molecule has 0 radical (unpaired) electrons. The molecule has 0 bridgehead atoms. The third-order valence-electron chi connectivity index (χ3n) is 4.71. The zero-order valence-electron chi connectivity index (χ0n) is 19.3. The van der Waals surface area contributed by atoms with Gasteiger partial charge in [-0.2, -0.15) is 0 Å². The molecule has 2 aromatic carbocycles. The number of Topliss-reactive ketones (excluding diaryl/α,β-unsaturated/α-hetero) is 1. The van der Waals surface area contributed by atoms with Crippen molar-refractivity contribution >= 4 is 23.5 Å². The van der Waals surface area contributed by atoms with E-state index in [0.29, 0.717) is 17.3 Å². The van der Waals surface area contributed by atoms with E-state index in [-0.39, 0.29) is 12.4 Å². The molecule has 3 rings (SSSR count). The van der Waals surface area contributed by atoms with E-state index >= 15 is 0 Å². The van der Waals surface area contributed by atoms with Crippen LogP contribution in [-0.2, 0) is 11.2 Å². The lowest BCUT2D eigenvalue weighted by Gasteiger charge is -2.10. The first-order valence-corrected chi connectivity index (χ1v) is 10.8. The largest absolute Gasteiger partial charge is 0.493 e. The molecule has 0 aliphatic rings. The van der Waals surface area contributed by atoms with E-state index < -0.39 is 0 Å². The Balaban J connectivity index is 0.000000244. The molecule has 32 heavy (non-hydrogen) atoms. The van der Waals surface area contributed by atoms with Crippen LogP contribution >= 0.6 is 11.6 Å². The first kappa shape index (κ1) is 25.2. The molecule has 0 saturated carbocycles. The number of aromatic nitrogens is 1. The van der Waals surface area contributed by atoms with Crippen molar-refractivity contribution in [3.63, 3.8) is 0 Å². The van der Waals surface area contributed by atoms with Gasteiger partial charge in [-0.25, -0.2) is 0 Å². The third-order valence-corrected chi connectivity index (χ3v) is 5.15. The molecule has 0 aliphatic carbocycles. The summed E-state index contributed by atoms with van der Waals surface area (Å²) in [4.78, 5) is 10.9. The van der Waals surface area contributed by atoms with Crippen LogP contribution in [0.1, 0.15) is 42.7 Å². The second kappa shape index (κ2) is 12.1. The van der Waals surface area contributed by atoms with Crippen molar-refractivity contribution in [2.75, 3.05) is 13.7 Å². The second-order valence-corrected chi connectivity index (χ2v) is 7.79. The van der Waals surface area contributed by atoms with Gasteiger partial charge in [-0.3, -0.25) is 4.79 Å². The van der Waals surface area contributed by atoms with E-state index in [4.69, 9.17) is 25.6 Å². The van der Waals surface area contributed by atoms with Gasteiger partial charge in [-0.05, 0) is 62.1 Å². The number of rotatable bonds is 8. The van der Waals surface area contributed by atoms with Gasteiger partial charge in [-0.15, -0.1) is 0 Å². The highest BCUT2D eigenvalue weighted by Gasteiger charge is 2.11. The van der Waals surface area contributed by atoms with E-state index in [9.17, 15) is 4.79 Å². The first-order chi connectivity index (χ1) is 15.3. The predicted octanol–water partition coefficient (Wildman–Crippen LogP) is 6.87. The van der Waals surface area contributed by atoms with Gasteiger partial charge in [0, 0.05) is 11.6 Å². The highest BCUT2D eigenvalue weighted by Crippen LogP contribution is 2.32. The van der Waals surface area contributed by atoms with E-state index in [1.165, 1.54) is 18.1 Å². The number of ketones is 1. The molecular weight excluding hydrogens is 426 g/mol. The molecule has 0 fully saturated rings. The zero-order valence-corrected chi connectivity index (χ0v) is 20.1. The molecule has 1 heterocycles. The summed E-state index contributed by atoms with van der Waals surface area (Å²) in [5, 5.41) is 4.71. The lowest BCUT2D eigenvalue weighted by atomic mass is 10.0. The summed E-state index contributed by atoms with van der Waals surface area (Å²) < 4.78 is 15.8. The summed E-state index contributed by atoms with van der Waals surface area (Å²) in [5.74, 6) is 1.69. The standard InChI is InChI=1S/C14H15NO4.C12H15Cl/c1-9-6-13(19-15-9)11-4-5-12(14(7-11)17-3)18-8-10(2)16;1-4-6-10-8-7-9(3)11(5-2)12(10)13/h4-7H,8H2,1-3H3;5,7-8H,2,4,6H2,1,3H3. The average molecular weight is 456 g/mol. The van der Waals surface area contributed by atoms with Crippen LogP contribution in [0.5, 0.6) is 11.5 Å². The van der Waals surface area contributed by atoms with Crippen molar-refractivity contribution < 1.29 is 18.8 Å². The molecule has 0 atom stereocenters. The Hall–Kier alpha value is -3.05. The molecule has 5 nitrogen and oxygen atoms in total. The average Bonchev–Trinajstić information content (AvgIpc) is 3.21. The van der Waals surface area contributed by atoms with Crippen LogP contribution in [0.3, 0.4) is 0 Å². The summed E-state index contributed by atoms with van der Waals surface area (Å²) in [6.45, 7) is 11.3. The highest BCUT2D eigenvalue weighted by atomic mass is 35.5. The first-order valence-electron chi connectivity index (χ1n) is 10.4. The minimum absolute atomic E-state index is 0.0249. The van der Waals surface area contributed by atoms with Gasteiger partial charge in [0.05, 0.1) is 17.8 Å². The van der Waals surface area contributed by atoms with Crippen LogP contribution in [0.2, 0.25) is 5.02 Å². The predicted molar refractivity (Wildman–Crippen MR) is 130 cm³/mol. The summed E-state index contributed by atoms with van der Waals surface area (Å²) in [6.07, 6.45) is 4.00. The molecule has 6 heteroatoms. The number of halogens is 1. The zero-order chi connectivity index (χ0) is 23.7.